The molecule has 5 heteroatoms. The smallest absolute Gasteiger partial charge is 0.242 e. The van der Waals surface area contributed by atoms with Crippen LogP contribution < -0.4 is 0 Å². The van der Waals surface area contributed by atoms with Gasteiger partial charge in [-0.05, 0) is 42.5 Å². The molecule has 1 unspecified atom stereocenters. The minimum atomic E-state index is -0.261. The molecule has 2 amide bonds. The van der Waals surface area contributed by atoms with Crippen molar-refractivity contribution in [1.29, 1.82) is 0 Å². The summed E-state index contributed by atoms with van der Waals surface area (Å²) in [6, 6.07) is 23.6. The van der Waals surface area contributed by atoms with Crippen molar-refractivity contribution in [3.8, 4) is 0 Å². The van der Waals surface area contributed by atoms with Gasteiger partial charge in [0.15, 0.2) is 0 Å². The lowest BCUT2D eigenvalue weighted by atomic mass is 9.94. The number of hydrogen-bond acceptors (Lipinski definition) is 3. The Labute approximate surface area is 203 Å². The van der Waals surface area contributed by atoms with E-state index < -0.39 is 0 Å². The molecular formula is C29H36N2O3. The predicted octanol–water partition coefficient (Wildman–Crippen LogP) is 5.80. The monoisotopic (exact) mass is 460 g/mol. The van der Waals surface area contributed by atoms with Crippen LogP contribution in [0.5, 0.6) is 0 Å². The highest BCUT2D eigenvalue weighted by Gasteiger charge is 2.28. The Hall–Kier alpha value is -3.34. The van der Waals surface area contributed by atoms with Gasteiger partial charge in [0.1, 0.15) is 11.5 Å². The van der Waals surface area contributed by atoms with Crippen LogP contribution in [0.1, 0.15) is 55.8 Å². The molecule has 0 radical (unpaired) electrons. The van der Waals surface area contributed by atoms with Crippen LogP contribution >= 0.6 is 0 Å². The van der Waals surface area contributed by atoms with E-state index in [9.17, 15) is 9.59 Å². The Kier molecular flexibility index (Phi) is 9.08. The van der Waals surface area contributed by atoms with E-state index in [4.69, 9.17) is 4.42 Å². The molecule has 1 heterocycles. The molecular weight excluding hydrogens is 424 g/mol. The third-order valence-corrected chi connectivity index (χ3v) is 5.84. The van der Waals surface area contributed by atoms with Crippen molar-refractivity contribution in [1.82, 2.24) is 9.80 Å². The van der Waals surface area contributed by atoms with Crippen molar-refractivity contribution in [3.05, 3.63) is 95.4 Å². The second-order valence-electron chi connectivity index (χ2n) is 9.23. The topological polar surface area (TPSA) is 53.8 Å². The normalized spacial score (nSPS) is 11.9. The van der Waals surface area contributed by atoms with Gasteiger partial charge in [-0.1, -0.05) is 81.4 Å². The van der Waals surface area contributed by atoms with E-state index in [1.807, 2.05) is 86.6 Å². The molecule has 0 N–H and O–H groups in total. The molecule has 0 aliphatic carbocycles. The highest BCUT2D eigenvalue weighted by molar-refractivity contribution is 5.88. The van der Waals surface area contributed by atoms with Crippen LogP contribution in [0.2, 0.25) is 0 Å². The summed E-state index contributed by atoms with van der Waals surface area (Å²) in [5.74, 6) is 1.45. The van der Waals surface area contributed by atoms with Gasteiger partial charge in [-0.25, -0.2) is 0 Å². The Morgan fingerprint density at radius 3 is 2.06 bits per heavy atom. The number of nitrogens with zero attached hydrogens (tertiary/aromatic N) is 2. The summed E-state index contributed by atoms with van der Waals surface area (Å²) in [6.45, 7) is 9.46. The largest absolute Gasteiger partial charge is 0.464 e. The number of carbonyl (C=O) groups excluding carboxylic acids is 2. The fourth-order valence-corrected chi connectivity index (χ4v) is 4.19. The average molecular weight is 461 g/mol. The summed E-state index contributed by atoms with van der Waals surface area (Å²) in [5, 5.41) is 0. The summed E-state index contributed by atoms with van der Waals surface area (Å²) in [6.07, 6.45) is 0.686. The molecule has 0 aliphatic heterocycles. The average Bonchev–Trinajstić information content (AvgIpc) is 3.24. The first-order chi connectivity index (χ1) is 16.4. The van der Waals surface area contributed by atoms with Crippen LogP contribution in [0, 0.1) is 12.8 Å². The molecule has 0 saturated carbocycles. The van der Waals surface area contributed by atoms with E-state index in [0.717, 1.165) is 22.6 Å². The number of amides is 2. The Bertz CT molecular complexity index is 1040. The Morgan fingerprint density at radius 1 is 0.853 bits per heavy atom. The molecule has 0 aliphatic rings. The lowest BCUT2D eigenvalue weighted by Gasteiger charge is -2.31. The van der Waals surface area contributed by atoms with Crippen molar-refractivity contribution in [2.75, 3.05) is 13.1 Å². The maximum atomic E-state index is 13.6. The number of carbonyl (C=O) groups is 2. The van der Waals surface area contributed by atoms with Gasteiger partial charge in [0.05, 0.1) is 19.0 Å². The zero-order chi connectivity index (χ0) is 24.5. The molecule has 2 aromatic carbocycles. The summed E-state index contributed by atoms with van der Waals surface area (Å²) < 4.78 is 5.76. The van der Waals surface area contributed by atoms with Gasteiger partial charge in [0.2, 0.25) is 11.8 Å². The Balaban J connectivity index is 1.82. The van der Waals surface area contributed by atoms with Crippen LogP contribution in [-0.2, 0) is 22.7 Å². The van der Waals surface area contributed by atoms with Crippen LogP contribution in [0.3, 0.4) is 0 Å². The molecule has 3 rings (SSSR count). The number of rotatable bonds is 11. The maximum Gasteiger partial charge on any atom is 0.242 e. The van der Waals surface area contributed by atoms with Crippen LogP contribution in [0.4, 0.5) is 0 Å². The van der Waals surface area contributed by atoms with Crippen molar-refractivity contribution in [2.45, 2.75) is 53.1 Å². The third kappa shape index (κ3) is 7.08. The van der Waals surface area contributed by atoms with E-state index >= 15 is 0 Å². The van der Waals surface area contributed by atoms with Crippen molar-refractivity contribution >= 4 is 11.8 Å². The minimum absolute atomic E-state index is 0.00394. The van der Waals surface area contributed by atoms with Crippen LogP contribution in [-0.4, -0.2) is 34.7 Å². The zero-order valence-electron chi connectivity index (χ0n) is 20.7. The summed E-state index contributed by atoms with van der Waals surface area (Å²) in [5.41, 5.74) is 2.03. The molecule has 0 bridgehead atoms. The molecule has 5 nitrogen and oxygen atoms in total. The van der Waals surface area contributed by atoms with Gasteiger partial charge in [0, 0.05) is 13.1 Å². The lowest BCUT2D eigenvalue weighted by Crippen LogP contribution is -2.45. The van der Waals surface area contributed by atoms with Gasteiger partial charge >= 0.3 is 0 Å². The standard InChI is InChI=1S/C29H36N2O3/c1-5-27(25-14-10-7-11-15-25)29(33)31(18-22(2)3)21-28(32)30(19-24-12-8-6-9-13-24)20-26-17-16-23(4)34-26/h6-17,22,27H,5,18-21H2,1-4H3. The van der Waals surface area contributed by atoms with Crippen LogP contribution in [0.25, 0.3) is 0 Å². The molecule has 0 spiro atoms. The highest BCUT2D eigenvalue weighted by atomic mass is 16.3. The third-order valence-electron chi connectivity index (χ3n) is 5.84. The Morgan fingerprint density at radius 2 is 1.50 bits per heavy atom. The molecule has 0 fully saturated rings. The van der Waals surface area contributed by atoms with Gasteiger partial charge in [0.25, 0.3) is 0 Å². The number of benzene rings is 2. The number of aryl methyl sites for hydroxylation is 1. The van der Waals surface area contributed by atoms with Crippen LogP contribution in [0.15, 0.2) is 77.2 Å². The molecule has 1 atom stereocenters. The summed E-state index contributed by atoms with van der Waals surface area (Å²) in [7, 11) is 0. The molecule has 34 heavy (non-hydrogen) atoms. The van der Waals surface area contributed by atoms with Crippen molar-refractivity contribution in [3.63, 3.8) is 0 Å². The number of furan rings is 1. The second-order valence-corrected chi connectivity index (χ2v) is 9.23. The molecule has 1 aromatic heterocycles. The van der Waals surface area contributed by atoms with E-state index in [2.05, 4.69) is 13.8 Å². The van der Waals surface area contributed by atoms with Gasteiger partial charge in [-0.3, -0.25) is 9.59 Å². The van der Waals surface area contributed by atoms with Crippen molar-refractivity contribution in [2.24, 2.45) is 5.92 Å². The summed E-state index contributed by atoms with van der Waals surface area (Å²) >= 11 is 0. The first-order valence-electron chi connectivity index (χ1n) is 12.1. The van der Waals surface area contributed by atoms with E-state index in [-0.39, 0.29) is 30.2 Å². The van der Waals surface area contributed by atoms with Gasteiger partial charge in [-0.15, -0.1) is 0 Å². The first-order valence-corrected chi connectivity index (χ1v) is 12.1. The molecule has 180 valence electrons. The molecule has 3 aromatic rings. The predicted molar refractivity (Wildman–Crippen MR) is 135 cm³/mol. The van der Waals surface area contributed by atoms with Crippen molar-refractivity contribution < 1.29 is 14.0 Å². The quantitative estimate of drug-likeness (QED) is 0.364. The minimum Gasteiger partial charge on any atom is -0.464 e. The zero-order valence-corrected chi connectivity index (χ0v) is 20.7. The SMILES string of the molecule is CCC(C(=O)N(CC(=O)N(Cc1ccccc1)Cc1ccc(C)o1)CC(C)C)c1ccccc1. The highest BCUT2D eigenvalue weighted by Crippen LogP contribution is 2.23. The maximum absolute atomic E-state index is 13.6. The summed E-state index contributed by atoms with van der Waals surface area (Å²) in [4.78, 5) is 30.7. The van der Waals surface area contributed by atoms with Gasteiger partial charge in [-0.2, -0.15) is 0 Å². The molecule has 0 saturated heterocycles. The van der Waals surface area contributed by atoms with Gasteiger partial charge < -0.3 is 14.2 Å². The fraction of sp³-hybridized carbons (Fsp3) is 0.379. The number of hydrogen-bond donors (Lipinski definition) is 0. The second kappa shape index (κ2) is 12.2. The van der Waals surface area contributed by atoms with E-state index in [0.29, 0.717) is 26.1 Å². The fourth-order valence-electron chi connectivity index (χ4n) is 4.19. The van der Waals surface area contributed by atoms with E-state index in [1.165, 1.54) is 0 Å². The lowest BCUT2D eigenvalue weighted by molar-refractivity contribution is -0.142. The first kappa shape index (κ1) is 25.3. The van der Waals surface area contributed by atoms with E-state index in [1.54, 1.807) is 9.80 Å².